The van der Waals surface area contributed by atoms with Gasteiger partial charge in [0.25, 0.3) is 0 Å². The number of hydrogen-bond donors (Lipinski definition) is 0. The number of hydrogen-bond acceptors (Lipinski definition) is 4. The Labute approximate surface area is 152 Å². The molecule has 0 saturated carbocycles. The first-order valence-electron chi connectivity index (χ1n) is 8.10. The van der Waals surface area contributed by atoms with Crippen LogP contribution in [0.3, 0.4) is 0 Å². The first-order chi connectivity index (χ1) is 12.6. The van der Waals surface area contributed by atoms with Gasteiger partial charge in [0, 0.05) is 10.6 Å². The van der Waals surface area contributed by atoms with Crippen LogP contribution in [0, 0.1) is 0 Å². The summed E-state index contributed by atoms with van der Waals surface area (Å²) in [7, 11) is -0.619. The molecular formula is C21H19O4P. The average Bonchev–Trinajstić information content (AvgIpc) is 2.73. The summed E-state index contributed by atoms with van der Waals surface area (Å²) in [6.45, 7) is 0. The second-order valence-electron chi connectivity index (χ2n) is 5.63. The minimum Gasteiger partial charge on any atom is -0.493 e. The highest BCUT2D eigenvalue weighted by Gasteiger charge is 2.38. The Kier molecular flexibility index (Phi) is 5.24. The summed E-state index contributed by atoms with van der Waals surface area (Å²) in [5, 5.41) is 0.974. The van der Waals surface area contributed by atoms with Crippen LogP contribution < -0.4 is 20.1 Å². The number of rotatable bonds is 6. The van der Waals surface area contributed by atoms with Crippen LogP contribution in [0.1, 0.15) is 10.4 Å². The lowest BCUT2D eigenvalue weighted by molar-refractivity contribution is 0.107. The molecule has 26 heavy (non-hydrogen) atoms. The normalized spacial score (nSPS) is 11.0. The molecule has 0 aliphatic carbocycles. The van der Waals surface area contributed by atoms with Crippen molar-refractivity contribution in [2.75, 3.05) is 14.2 Å². The van der Waals surface area contributed by atoms with Crippen LogP contribution in [0.15, 0.2) is 78.9 Å². The van der Waals surface area contributed by atoms with Gasteiger partial charge >= 0.3 is 0 Å². The van der Waals surface area contributed by atoms with Gasteiger partial charge in [0.05, 0.1) is 19.8 Å². The fraction of sp³-hybridized carbons (Fsp3) is 0.0952. The molecule has 0 unspecified atom stereocenters. The van der Waals surface area contributed by atoms with Crippen LogP contribution in [-0.4, -0.2) is 19.7 Å². The molecule has 5 heteroatoms. The van der Waals surface area contributed by atoms with E-state index in [0.717, 1.165) is 0 Å². The number of carbonyl (C=O) groups is 1. The minimum atomic E-state index is -3.58. The van der Waals surface area contributed by atoms with Gasteiger partial charge in [-0.15, -0.1) is 0 Å². The average molecular weight is 366 g/mol. The molecule has 132 valence electrons. The van der Waals surface area contributed by atoms with Crippen molar-refractivity contribution in [2.24, 2.45) is 0 Å². The molecule has 0 spiro atoms. The molecule has 3 rings (SSSR count). The maximum absolute atomic E-state index is 14.1. The summed E-state index contributed by atoms with van der Waals surface area (Å²) in [6.07, 6.45) is 0. The van der Waals surface area contributed by atoms with Gasteiger partial charge in [-0.2, -0.15) is 0 Å². The molecule has 0 saturated heterocycles. The van der Waals surface area contributed by atoms with Crippen LogP contribution >= 0.6 is 7.14 Å². The lowest BCUT2D eigenvalue weighted by Gasteiger charge is -2.20. The van der Waals surface area contributed by atoms with E-state index in [2.05, 4.69) is 0 Å². The molecule has 3 aromatic rings. The van der Waals surface area contributed by atoms with Gasteiger partial charge in [0.15, 0.2) is 11.5 Å². The molecule has 3 aromatic carbocycles. The zero-order valence-electron chi connectivity index (χ0n) is 14.6. The standard InChI is InChI=1S/C21H19O4P/c1-24-19-15-9-14-18(20(19)25-2)21(22)26(23,16-10-5-3-6-11-16)17-12-7-4-8-13-17/h3-15H,1-2H3. The molecule has 0 radical (unpaired) electrons. The Balaban J connectivity index is 2.25. The predicted molar refractivity (Wildman–Crippen MR) is 104 cm³/mol. The molecule has 0 aliphatic heterocycles. The highest BCUT2D eigenvalue weighted by Crippen LogP contribution is 2.49. The lowest BCUT2D eigenvalue weighted by atomic mass is 10.2. The SMILES string of the molecule is COc1cccc(C(=O)P(=O)(c2ccccc2)c2ccccc2)c1OC. The Morgan fingerprint density at radius 3 is 1.73 bits per heavy atom. The molecule has 0 N–H and O–H groups in total. The number of methoxy groups -OCH3 is 2. The third kappa shape index (κ3) is 3.04. The van der Waals surface area contributed by atoms with Crippen LogP contribution in [0.5, 0.6) is 11.5 Å². The maximum Gasteiger partial charge on any atom is 0.233 e. The third-order valence-electron chi connectivity index (χ3n) is 4.16. The summed E-state index contributed by atoms with van der Waals surface area (Å²) in [5.41, 5.74) is -0.242. The van der Waals surface area contributed by atoms with E-state index in [0.29, 0.717) is 16.4 Å². The van der Waals surface area contributed by atoms with E-state index < -0.39 is 12.7 Å². The molecule has 0 atom stereocenters. The van der Waals surface area contributed by atoms with Crippen molar-refractivity contribution in [1.82, 2.24) is 0 Å². The highest BCUT2D eigenvalue weighted by molar-refractivity contribution is 7.93. The van der Waals surface area contributed by atoms with Gasteiger partial charge in [-0.25, -0.2) is 0 Å². The molecule has 0 aliphatic rings. The van der Waals surface area contributed by atoms with Crippen molar-refractivity contribution in [3.8, 4) is 11.5 Å². The first-order valence-corrected chi connectivity index (χ1v) is 9.80. The van der Waals surface area contributed by atoms with E-state index in [1.165, 1.54) is 14.2 Å². The molecule has 0 amide bonds. The first kappa shape index (κ1) is 18.0. The van der Waals surface area contributed by atoms with E-state index in [4.69, 9.17) is 9.47 Å². The smallest absolute Gasteiger partial charge is 0.233 e. The second-order valence-corrected chi connectivity index (χ2v) is 8.28. The molecule has 4 nitrogen and oxygen atoms in total. The van der Waals surface area contributed by atoms with Crippen molar-refractivity contribution in [2.45, 2.75) is 0 Å². The van der Waals surface area contributed by atoms with E-state index in [9.17, 15) is 9.36 Å². The summed E-state index contributed by atoms with van der Waals surface area (Å²) < 4.78 is 24.8. The Bertz CT molecular complexity index is 909. The number of benzene rings is 3. The summed E-state index contributed by atoms with van der Waals surface area (Å²) in [4.78, 5) is 13.5. The van der Waals surface area contributed by atoms with Crippen molar-refractivity contribution in [1.29, 1.82) is 0 Å². The van der Waals surface area contributed by atoms with E-state index in [1.54, 1.807) is 66.7 Å². The van der Waals surface area contributed by atoms with Crippen LogP contribution in [0.2, 0.25) is 0 Å². The molecule has 0 bridgehead atoms. The van der Waals surface area contributed by atoms with Crippen LogP contribution in [0.25, 0.3) is 0 Å². The van der Waals surface area contributed by atoms with Gasteiger partial charge in [0.2, 0.25) is 12.7 Å². The molecule has 0 fully saturated rings. The largest absolute Gasteiger partial charge is 0.493 e. The maximum atomic E-state index is 14.1. The van der Waals surface area contributed by atoms with Crippen molar-refractivity contribution >= 4 is 23.3 Å². The highest BCUT2D eigenvalue weighted by atomic mass is 31.2. The fourth-order valence-corrected chi connectivity index (χ4v) is 5.35. The van der Waals surface area contributed by atoms with Gasteiger partial charge in [-0.05, 0) is 12.1 Å². The lowest BCUT2D eigenvalue weighted by Crippen LogP contribution is -2.23. The molecule has 0 heterocycles. The monoisotopic (exact) mass is 366 g/mol. The zero-order chi connectivity index (χ0) is 18.6. The summed E-state index contributed by atoms with van der Waals surface area (Å²) >= 11 is 0. The number of carbonyl (C=O) groups excluding carboxylic acids is 1. The Morgan fingerprint density at radius 2 is 1.27 bits per heavy atom. The topological polar surface area (TPSA) is 52.6 Å². The Hall–Kier alpha value is -2.84. The zero-order valence-corrected chi connectivity index (χ0v) is 15.5. The van der Waals surface area contributed by atoms with E-state index in [1.807, 2.05) is 12.1 Å². The minimum absolute atomic E-state index is 0.239. The van der Waals surface area contributed by atoms with Gasteiger partial charge in [-0.1, -0.05) is 66.7 Å². The van der Waals surface area contributed by atoms with E-state index in [-0.39, 0.29) is 11.3 Å². The predicted octanol–water partition coefficient (Wildman–Crippen LogP) is 3.86. The van der Waals surface area contributed by atoms with Gasteiger partial charge in [0.1, 0.15) is 0 Å². The summed E-state index contributed by atoms with van der Waals surface area (Å²) in [5.74, 6) is 0.707. The molecular weight excluding hydrogens is 347 g/mol. The van der Waals surface area contributed by atoms with Crippen molar-refractivity contribution < 1.29 is 18.8 Å². The van der Waals surface area contributed by atoms with Crippen LogP contribution in [0.4, 0.5) is 0 Å². The van der Waals surface area contributed by atoms with Gasteiger partial charge < -0.3 is 14.0 Å². The second kappa shape index (κ2) is 7.59. The third-order valence-corrected chi connectivity index (χ3v) is 7.02. The number of para-hydroxylation sites is 1. The Morgan fingerprint density at radius 1 is 0.731 bits per heavy atom. The van der Waals surface area contributed by atoms with E-state index >= 15 is 0 Å². The quantitative estimate of drug-likeness (QED) is 0.622. The summed E-state index contributed by atoms with van der Waals surface area (Å²) in [6, 6.07) is 22.7. The fourth-order valence-electron chi connectivity index (χ4n) is 2.88. The van der Waals surface area contributed by atoms with Crippen molar-refractivity contribution in [3.05, 3.63) is 84.4 Å². The van der Waals surface area contributed by atoms with Crippen molar-refractivity contribution in [3.63, 3.8) is 0 Å². The molecule has 0 aromatic heterocycles. The van der Waals surface area contributed by atoms with Crippen LogP contribution in [-0.2, 0) is 4.57 Å². The number of ether oxygens (including phenoxy) is 2. The van der Waals surface area contributed by atoms with Gasteiger partial charge in [-0.3, -0.25) is 4.79 Å².